The third-order valence-corrected chi connectivity index (χ3v) is 5.30. The molecule has 124 valence electrons. The summed E-state index contributed by atoms with van der Waals surface area (Å²) >= 11 is 0. The molecule has 2 rings (SSSR count). The van der Waals surface area contributed by atoms with Crippen molar-refractivity contribution in [1.29, 1.82) is 0 Å². The third-order valence-electron chi connectivity index (χ3n) is 5.30. The molecule has 5 heteroatoms. The lowest BCUT2D eigenvalue weighted by Crippen LogP contribution is -2.48. The summed E-state index contributed by atoms with van der Waals surface area (Å²) in [5, 5.41) is 12.5. The Morgan fingerprint density at radius 3 is 2.18 bits per heavy atom. The van der Waals surface area contributed by atoms with Crippen LogP contribution in [0.3, 0.4) is 0 Å². The maximum Gasteiger partial charge on any atom is 0.307 e. The zero-order chi connectivity index (χ0) is 16.3. The predicted octanol–water partition coefficient (Wildman–Crippen LogP) is 2.03. The summed E-state index contributed by atoms with van der Waals surface area (Å²) in [4.78, 5) is 26.4. The van der Waals surface area contributed by atoms with Crippen LogP contribution < -0.4 is 5.32 Å². The van der Waals surface area contributed by atoms with Gasteiger partial charge in [-0.25, -0.2) is 0 Å². The van der Waals surface area contributed by atoms with Crippen LogP contribution in [0.15, 0.2) is 11.1 Å². The highest BCUT2D eigenvalue weighted by Crippen LogP contribution is 2.34. The lowest BCUT2D eigenvalue weighted by atomic mass is 9.76. The first kappa shape index (κ1) is 17.0. The van der Waals surface area contributed by atoms with Gasteiger partial charge in [0.15, 0.2) is 0 Å². The molecule has 0 spiro atoms. The van der Waals surface area contributed by atoms with Gasteiger partial charge in [0.1, 0.15) is 0 Å². The van der Waals surface area contributed by atoms with Crippen LogP contribution in [-0.2, 0) is 9.59 Å². The fourth-order valence-corrected chi connectivity index (χ4v) is 3.53. The molecule has 2 N–H and O–H groups in total. The van der Waals surface area contributed by atoms with E-state index in [2.05, 4.69) is 17.1 Å². The Balaban J connectivity index is 1.97. The fourth-order valence-electron chi connectivity index (χ4n) is 3.53. The number of amides is 1. The molecule has 0 bridgehead atoms. The number of carbonyl (C=O) groups excluding carboxylic acids is 1. The Labute approximate surface area is 132 Å². The SMILES string of the molecule is CCN1CCC(NC(=O)[C@@H]2CC(C)=C(C)C[C@@H]2C(=O)O)CC1. The van der Waals surface area contributed by atoms with Crippen molar-refractivity contribution in [3.63, 3.8) is 0 Å². The molecular formula is C17H28N2O3. The second kappa shape index (κ2) is 7.27. The van der Waals surface area contributed by atoms with Crippen molar-refractivity contribution in [3.05, 3.63) is 11.1 Å². The molecule has 22 heavy (non-hydrogen) atoms. The zero-order valence-corrected chi connectivity index (χ0v) is 13.9. The van der Waals surface area contributed by atoms with Crippen molar-refractivity contribution < 1.29 is 14.7 Å². The second-order valence-electron chi connectivity index (χ2n) is 6.74. The molecule has 5 nitrogen and oxygen atoms in total. The predicted molar refractivity (Wildman–Crippen MR) is 85.5 cm³/mol. The molecule has 0 aromatic carbocycles. The van der Waals surface area contributed by atoms with Crippen LogP contribution in [0.4, 0.5) is 0 Å². The van der Waals surface area contributed by atoms with Gasteiger partial charge in [-0.3, -0.25) is 9.59 Å². The van der Waals surface area contributed by atoms with Crippen LogP contribution in [0.5, 0.6) is 0 Å². The molecule has 0 aromatic heterocycles. The number of carboxylic acids is 1. The van der Waals surface area contributed by atoms with Crippen LogP contribution in [0, 0.1) is 11.8 Å². The minimum Gasteiger partial charge on any atom is -0.481 e. The van der Waals surface area contributed by atoms with Crippen LogP contribution >= 0.6 is 0 Å². The highest BCUT2D eigenvalue weighted by Gasteiger charge is 2.38. The number of rotatable bonds is 4. The average molecular weight is 308 g/mol. The maximum absolute atomic E-state index is 12.6. The van der Waals surface area contributed by atoms with Crippen LogP contribution in [-0.4, -0.2) is 47.6 Å². The van der Waals surface area contributed by atoms with Crippen LogP contribution in [0.1, 0.15) is 46.5 Å². The Hall–Kier alpha value is -1.36. The van der Waals surface area contributed by atoms with Gasteiger partial charge in [-0.05, 0) is 46.1 Å². The zero-order valence-electron chi connectivity index (χ0n) is 13.9. The van der Waals surface area contributed by atoms with Gasteiger partial charge >= 0.3 is 5.97 Å². The number of hydrogen-bond acceptors (Lipinski definition) is 3. The van der Waals surface area contributed by atoms with Gasteiger partial charge in [0.25, 0.3) is 0 Å². The Kier molecular flexibility index (Phi) is 5.62. The number of piperidine rings is 1. The summed E-state index contributed by atoms with van der Waals surface area (Å²) in [6.45, 7) is 9.19. The highest BCUT2D eigenvalue weighted by molar-refractivity contribution is 5.85. The number of aliphatic carboxylic acids is 1. The molecule has 2 atom stereocenters. The van der Waals surface area contributed by atoms with Gasteiger partial charge in [-0.15, -0.1) is 0 Å². The van der Waals surface area contributed by atoms with E-state index in [0.717, 1.165) is 38.0 Å². The number of carbonyl (C=O) groups is 2. The topological polar surface area (TPSA) is 69.6 Å². The molecule has 1 heterocycles. The average Bonchev–Trinajstić information content (AvgIpc) is 2.50. The van der Waals surface area contributed by atoms with Gasteiger partial charge in [0.2, 0.25) is 5.91 Å². The van der Waals surface area contributed by atoms with Gasteiger partial charge < -0.3 is 15.3 Å². The van der Waals surface area contributed by atoms with E-state index < -0.39 is 17.8 Å². The maximum atomic E-state index is 12.6. The summed E-state index contributed by atoms with van der Waals surface area (Å²) in [7, 11) is 0. The molecule has 1 fully saturated rings. The monoisotopic (exact) mass is 308 g/mol. The molecule has 1 amide bonds. The number of nitrogens with zero attached hydrogens (tertiary/aromatic N) is 1. The smallest absolute Gasteiger partial charge is 0.307 e. The second-order valence-corrected chi connectivity index (χ2v) is 6.74. The molecule has 2 aliphatic rings. The highest BCUT2D eigenvalue weighted by atomic mass is 16.4. The van der Waals surface area contributed by atoms with E-state index in [0.29, 0.717) is 12.8 Å². The van der Waals surface area contributed by atoms with Crippen molar-refractivity contribution in [2.75, 3.05) is 19.6 Å². The normalized spacial score (nSPS) is 27.8. The Morgan fingerprint density at radius 1 is 1.14 bits per heavy atom. The van der Waals surface area contributed by atoms with E-state index in [1.165, 1.54) is 5.57 Å². The van der Waals surface area contributed by atoms with Gasteiger partial charge in [0, 0.05) is 19.1 Å². The Morgan fingerprint density at radius 2 is 1.68 bits per heavy atom. The minimum atomic E-state index is -0.854. The molecule has 1 saturated heterocycles. The van der Waals surface area contributed by atoms with E-state index in [-0.39, 0.29) is 11.9 Å². The lowest BCUT2D eigenvalue weighted by molar-refractivity contribution is -0.147. The van der Waals surface area contributed by atoms with Crippen molar-refractivity contribution in [2.24, 2.45) is 11.8 Å². The van der Waals surface area contributed by atoms with Crippen molar-refractivity contribution >= 4 is 11.9 Å². The largest absolute Gasteiger partial charge is 0.481 e. The number of nitrogens with one attached hydrogen (secondary N) is 1. The third kappa shape index (κ3) is 3.88. The molecule has 0 unspecified atom stereocenters. The fraction of sp³-hybridized carbons (Fsp3) is 0.765. The first-order valence-electron chi connectivity index (χ1n) is 8.33. The standard InChI is InChI=1S/C17H28N2O3/c1-4-19-7-5-13(6-8-19)18-16(20)14-9-11(2)12(3)10-15(14)17(21)22/h13-15H,4-10H2,1-3H3,(H,18,20)(H,21,22)/t14-,15+/m1/s1. The van der Waals surface area contributed by atoms with E-state index in [1.54, 1.807) is 0 Å². The van der Waals surface area contributed by atoms with Gasteiger partial charge in [0.05, 0.1) is 11.8 Å². The van der Waals surface area contributed by atoms with Crippen molar-refractivity contribution in [2.45, 2.75) is 52.5 Å². The van der Waals surface area contributed by atoms with Crippen LogP contribution in [0.2, 0.25) is 0 Å². The molecule has 0 saturated carbocycles. The molecule has 0 radical (unpaired) electrons. The molecule has 1 aliphatic heterocycles. The van der Waals surface area contributed by atoms with Crippen molar-refractivity contribution in [3.8, 4) is 0 Å². The van der Waals surface area contributed by atoms with Crippen LogP contribution in [0.25, 0.3) is 0 Å². The van der Waals surface area contributed by atoms with E-state index >= 15 is 0 Å². The van der Waals surface area contributed by atoms with E-state index in [4.69, 9.17) is 0 Å². The molecular weight excluding hydrogens is 280 g/mol. The summed E-state index contributed by atoms with van der Waals surface area (Å²) in [6, 6.07) is 0.192. The molecule has 0 aromatic rings. The summed E-state index contributed by atoms with van der Waals surface area (Å²) < 4.78 is 0. The summed E-state index contributed by atoms with van der Waals surface area (Å²) in [5.74, 6) is -1.94. The summed E-state index contributed by atoms with van der Waals surface area (Å²) in [6.07, 6.45) is 2.98. The first-order chi connectivity index (χ1) is 10.4. The minimum absolute atomic E-state index is 0.0748. The molecule has 1 aliphatic carbocycles. The first-order valence-corrected chi connectivity index (χ1v) is 8.33. The van der Waals surface area contributed by atoms with E-state index in [1.807, 2.05) is 13.8 Å². The summed E-state index contributed by atoms with van der Waals surface area (Å²) in [5.41, 5.74) is 2.28. The van der Waals surface area contributed by atoms with Gasteiger partial charge in [-0.1, -0.05) is 18.1 Å². The van der Waals surface area contributed by atoms with Gasteiger partial charge in [-0.2, -0.15) is 0 Å². The van der Waals surface area contributed by atoms with E-state index in [9.17, 15) is 14.7 Å². The number of hydrogen-bond donors (Lipinski definition) is 2. The Bertz CT molecular complexity index is 465. The number of allylic oxidation sites excluding steroid dienone is 2. The quantitative estimate of drug-likeness (QED) is 0.780. The number of carboxylic acid groups (broad SMARTS) is 1. The lowest BCUT2D eigenvalue weighted by Gasteiger charge is -2.34. The number of likely N-dealkylation sites (tertiary alicyclic amines) is 1. The van der Waals surface area contributed by atoms with Crippen molar-refractivity contribution in [1.82, 2.24) is 10.2 Å².